The molecule has 3 rings (SSSR count). The van der Waals surface area contributed by atoms with E-state index in [1.54, 1.807) is 0 Å². The molecule has 1 heterocycles. The fourth-order valence-corrected chi connectivity index (χ4v) is 3.68. The molecule has 0 atom stereocenters. The van der Waals surface area contributed by atoms with Crippen LogP contribution in [0.5, 0.6) is 0 Å². The van der Waals surface area contributed by atoms with Crippen molar-refractivity contribution >= 4 is 5.91 Å². The van der Waals surface area contributed by atoms with Crippen molar-refractivity contribution in [3.63, 3.8) is 0 Å². The zero-order valence-corrected chi connectivity index (χ0v) is 18.9. The topological polar surface area (TPSA) is 25.2 Å². The quantitative estimate of drug-likeness (QED) is 0.466. The lowest BCUT2D eigenvalue weighted by Gasteiger charge is -2.26. The van der Waals surface area contributed by atoms with E-state index in [1.807, 2.05) is 23.1 Å². The highest BCUT2D eigenvalue weighted by Crippen LogP contribution is 2.23. The molecule has 0 aliphatic rings. The Bertz CT molecular complexity index is 947. The average Bonchev–Trinajstić information content (AvgIpc) is 3.13. The van der Waals surface area contributed by atoms with E-state index >= 15 is 0 Å². The fourth-order valence-electron chi connectivity index (χ4n) is 3.68. The van der Waals surface area contributed by atoms with Gasteiger partial charge in [-0.15, -0.1) is 0 Å². The summed E-state index contributed by atoms with van der Waals surface area (Å²) in [5, 5.41) is 0. The maximum atomic E-state index is 13.4. The van der Waals surface area contributed by atoms with E-state index in [-0.39, 0.29) is 11.3 Å². The number of aromatic nitrogens is 1. The number of rotatable bonds is 7. The second kappa shape index (κ2) is 9.34. The molecule has 0 spiro atoms. The smallest absolute Gasteiger partial charge is 0.254 e. The summed E-state index contributed by atoms with van der Waals surface area (Å²) in [6.45, 7) is 13.0. The number of nitrogens with zero attached hydrogens (tertiary/aromatic N) is 2. The molecule has 0 N–H and O–H groups in total. The van der Waals surface area contributed by atoms with Crippen LogP contribution in [0.2, 0.25) is 0 Å². The van der Waals surface area contributed by atoms with Crippen LogP contribution in [0.3, 0.4) is 0 Å². The number of amides is 1. The monoisotopic (exact) mass is 402 g/mol. The maximum Gasteiger partial charge on any atom is 0.254 e. The molecule has 0 fully saturated rings. The SMILES string of the molecule is CC(C)CN(Cc1cccn1Cc1ccccc1)C(=O)c1ccc(C(C)(C)C)cc1. The summed E-state index contributed by atoms with van der Waals surface area (Å²) in [6, 6.07) is 22.7. The first-order valence-corrected chi connectivity index (χ1v) is 10.8. The van der Waals surface area contributed by atoms with Crippen molar-refractivity contribution < 1.29 is 4.79 Å². The third kappa shape index (κ3) is 5.63. The molecule has 30 heavy (non-hydrogen) atoms. The van der Waals surface area contributed by atoms with Gasteiger partial charge in [0.05, 0.1) is 6.54 Å². The summed E-state index contributed by atoms with van der Waals surface area (Å²) in [7, 11) is 0. The summed E-state index contributed by atoms with van der Waals surface area (Å²) < 4.78 is 2.23. The van der Waals surface area contributed by atoms with Crippen LogP contribution in [-0.4, -0.2) is 21.9 Å². The molecular formula is C27H34N2O. The number of hydrogen-bond acceptors (Lipinski definition) is 1. The Hall–Kier alpha value is -2.81. The van der Waals surface area contributed by atoms with E-state index in [0.717, 1.165) is 24.3 Å². The summed E-state index contributed by atoms with van der Waals surface area (Å²) in [5.41, 5.74) is 4.49. The molecule has 158 valence electrons. The number of hydrogen-bond donors (Lipinski definition) is 0. The van der Waals surface area contributed by atoms with Gasteiger partial charge < -0.3 is 9.47 Å². The van der Waals surface area contributed by atoms with Crippen LogP contribution in [0, 0.1) is 5.92 Å². The van der Waals surface area contributed by atoms with Crippen LogP contribution < -0.4 is 0 Å². The van der Waals surface area contributed by atoms with Gasteiger partial charge in [-0.25, -0.2) is 0 Å². The Morgan fingerprint density at radius 3 is 2.20 bits per heavy atom. The molecule has 1 aromatic heterocycles. The largest absolute Gasteiger partial charge is 0.345 e. The highest BCUT2D eigenvalue weighted by Gasteiger charge is 2.20. The van der Waals surface area contributed by atoms with Crippen molar-refractivity contribution in [3.8, 4) is 0 Å². The molecule has 0 unspecified atom stereocenters. The minimum atomic E-state index is 0.0808. The molecule has 2 aromatic carbocycles. The van der Waals surface area contributed by atoms with Gasteiger partial charge in [-0.1, -0.05) is 77.1 Å². The minimum absolute atomic E-state index is 0.0808. The van der Waals surface area contributed by atoms with Crippen molar-refractivity contribution in [1.29, 1.82) is 0 Å². The number of carbonyl (C=O) groups excluding carboxylic acids is 1. The van der Waals surface area contributed by atoms with Crippen LogP contribution >= 0.6 is 0 Å². The number of carbonyl (C=O) groups is 1. The van der Waals surface area contributed by atoms with Gasteiger partial charge in [0, 0.05) is 30.5 Å². The van der Waals surface area contributed by atoms with E-state index in [4.69, 9.17) is 0 Å². The first kappa shape index (κ1) is 21.9. The van der Waals surface area contributed by atoms with Crippen LogP contribution in [0.4, 0.5) is 0 Å². The van der Waals surface area contributed by atoms with Gasteiger partial charge in [-0.2, -0.15) is 0 Å². The van der Waals surface area contributed by atoms with E-state index in [0.29, 0.717) is 12.5 Å². The van der Waals surface area contributed by atoms with E-state index < -0.39 is 0 Å². The lowest BCUT2D eigenvalue weighted by molar-refractivity contribution is 0.0718. The van der Waals surface area contributed by atoms with Crippen LogP contribution in [0.1, 0.15) is 61.8 Å². The van der Waals surface area contributed by atoms with Gasteiger partial charge in [-0.3, -0.25) is 4.79 Å². The molecule has 0 radical (unpaired) electrons. The van der Waals surface area contributed by atoms with E-state index in [2.05, 4.69) is 93.9 Å². The normalized spacial score (nSPS) is 11.7. The average molecular weight is 403 g/mol. The minimum Gasteiger partial charge on any atom is -0.345 e. The molecule has 0 saturated heterocycles. The second-order valence-corrected chi connectivity index (χ2v) is 9.52. The number of benzene rings is 2. The first-order chi connectivity index (χ1) is 14.2. The van der Waals surface area contributed by atoms with Crippen molar-refractivity contribution in [2.24, 2.45) is 5.92 Å². The molecule has 0 aliphatic heterocycles. The van der Waals surface area contributed by atoms with Gasteiger partial charge in [0.15, 0.2) is 0 Å². The second-order valence-electron chi connectivity index (χ2n) is 9.52. The molecule has 3 nitrogen and oxygen atoms in total. The summed E-state index contributed by atoms with van der Waals surface area (Å²) >= 11 is 0. The molecule has 0 saturated carbocycles. The zero-order valence-electron chi connectivity index (χ0n) is 18.9. The summed E-state index contributed by atoms with van der Waals surface area (Å²) in [4.78, 5) is 15.3. The Balaban J connectivity index is 1.80. The Morgan fingerprint density at radius 1 is 0.933 bits per heavy atom. The van der Waals surface area contributed by atoms with E-state index in [1.165, 1.54) is 11.1 Å². The highest BCUT2D eigenvalue weighted by molar-refractivity contribution is 5.94. The van der Waals surface area contributed by atoms with Crippen LogP contribution in [-0.2, 0) is 18.5 Å². The Morgan fingerprint density at radius 2 is 1.60 bits per heavy atom. The van der Waals surface area contributed by atoms with Crippen molar-refractivity contribution in [3.05, 3.63) is 95.3 Å². The Kier molecular flexibility index (Phi) is 6.81. The lowest BCUT2D eigenvalue weighted by Crippen LogP contribution is -2.34. The standard InChI is InChI=1S/C27H34N2O/c1-21(2)18-29(26(30)23-13-15-24(16-14-23)27(3,4)5)20-25-12-9-17-28(25)19-22-10-7-6-8-11-22/h6-17,21H,18-20H2,1-5H3. The molecular weight excluding hydrogens is 368 g/mol. The summed E-state index contributed by atoms with van der Waals surface area (Å²) in [5.74, 6) is 0.497. The van der Waals surface area contributed by atoms with Crippen LogP contribution in [0.25, 0.3) is 0 Å². The molecule has 3 heteroatoms. The molecule has 3 aromatic rings. The van der Waals surface area contributed by atoms with Gasteiger partial charge in [-0.05, 0) is 46.7 Å². The third-order valence-corrected chi connectivity index (χ3v) is 5.34. The maximum absolute atomic E-state index is 13.4. The van der Waals surface area contributed by atoms with Crippen molar-refractivity contribution in [2.45, 2.75) is 53.1 Å². The predicted octanol–water partition coefficient (Wildman–Crippen LogP) is 6.13. The fraction of sp³-hybridized carbons (Fsp3) is 0.370. The van der Waals surface area contributed by atoms with Crippen LogP contribution in [0.15, 0.2) is 72.9 Å². The predicted molar refractivity (Wildman–Crippen MR) is 125 cm³/mol. The third-order valence-electron chi connectivity index (χ3n) is 5.34. The molecule has 0 bridgehead atoms. The van der Waals surface area contributed by atoms with E-state index in [9.17, 15) is 4.79 Å². The summed E-state index contributed by atoms with van der Waals surface area (Å²) in [6.07, 6.45) is 2.10. The molecule has 1 amide bonds. The van der Waals surface area contributed by atoms with Crippen molar-refractivity contribution in [1.82, 2.24) is 9.47 Å². The van der Waals surface area contributed by atoms with Gasteiger partial charge >= 0.3 is 0 Å². The van der Waals surface area contributed by atoms with Gasteiger partial charge in [0.25, 0.3) is 5.91 Å². The molecule has 0 aliphatic carbocycles. The van der Waals surface area contributed by atoms with Gasteiger partial charge in [0.2, 0.25) is 0 Å². The highest BCUT2D eigenvalue weighted by atomic mass is 16.2. The first-order valence-electron chi connectivity index (χ1n) is 10.8. The Labute approximate surface area is 181 Å². The van der Waals surface area contributed by atoms with Crippen molar-refractivity contribution in [2.75, 3.05) is 6.54 Å². The zero-order chi connectivity index (χ0) is 21.7. The lowest BCUT2D eigenvalue weighted by atomic mass is 9.86. The van der Waals surface area contributed by atoms with Gasteiger partial charge in [0.1, 0.15) is 0 Å².